The molecule has 1 aromatic heterocycles. The SMILES string of the molecule is Cc1cc(CS(=O)C2(C(=O)C(C)C)CC(=O)c3c(Cl)ccc(Br)c3N2)no1. The number of aryl methyl sites for hydroxylation is 1. The minimum atomic E-state index is -1.76. The van der Waals surface area contributed by atoms with Crippen molar-refractivity contribution in [2.24, 2.45) is 5.92 Å². The van der Waals surface area contributed by atoms with Gasteiger partial charge in [-0.25, -0.2) is 0 Å². The third-order valence-corrected chi connectivity index (χ3v) is 7.14. The Bertz CT molecular complexity index is 959. The Balaban J connectivity index is 2.09. The number of halogens is 2. The lowest BCUT2D eigenvalue weighted by atomic mass is 9.90. The highest BCUT2D eigenvalue weighted by molar-refractivity contribution is 9.10. The number of hydrogen-bond donors (Lipinski definition) is 1. The first kappa shape index (κ1) is 20.2. The maximum absolute atomic E-state index is 13.3. The van der Waals surface area contributed by atoms with Crippen LogP contribution in [0.2, 0.25) is 5.02 Å². The fraction of sp³-hybridized carbons (Fsp3) is 0.389. The maximum atomic E-state index is 13.3. The Kier molecular flexibility index (Phi) is 5.61. The number of carbonyl (C=O) groups excluding carboxylic acids is 2. The Morgan fingerprint density at radius 2 is 2.19 bits per heavy atom. The smallest absolute Gasteiger partial charge is 0.180 e. The number of rotatable bonds is 5. The van der Waals surface area contributed by atoms with Crippen LogP contribution in [0.1, 0.15) is 42.1 Å². The standard InChI is InChI=1S/C18H18BrClN2O4S/c1-9(2)17(24)18(27(25)8-11-6-10(3)26-22-11)7-14(23)15-13(20)5-4-12(19)16(15)21-18/h4-6,9,21H,7-8H2,1-3H3. The molecule has 1 aromatic carbocycles. The van der Waals surface area contributed by atoms with Crippen LogP contribution >= 0.6 is 27.5 Å². The van der Waals surface area contributed by atoms with Gasteiger partial charge in [-0.1, -0.05) is 30.6 Å². The zero-order valence-electron chi connectivity index (χ0n) is 15.0. The molecule has 0 bridgehead atoms. The van der Waals surface area contributed by atoms with Gasteiger partial charge in [-0.05, 0) is 35.0 Å². The third-order valence-electron chi connectivity index (χ3n) is 4.39. The van der Waals surface area contributed by atoms with Gasteiger partial charge in [0.2, 0.25) is 0 Å². The number of benzene rings is 1. The topological polar surface area (TPSA) is 89.3 Å². The van der Waals surface area contributed by atoms with Crippen LogP contribution in [0.3, 0.4) is 0 Å². The predicted molar refractivity (Wildman–Crippen MR) is 107 cm³/mol. The van der Waals surface area contributed by atoms with Crippen LogP contribution in [-0.4, -0.2) is 25.8 Å². The van der Waals surface area contributed by atoms with Crippen molar-refractivity contribution in [3.63, 3.8) is 0 Å². The minimum absolute atomic E-state index is 0.0103. The normalized spacial score (nSPS) is 20.3. The van der Waals surface area contributed by atoms with Crippen LogP contribution in [0.15, 0.2) is 27.2 Å². The van der Waals surface area contributed by atoms with Gasteiger partial charge in [0.05, 0.1) is 44.9 Å². The first-order valence-electron chi connectivity index (χ1n) is 8.30. The van der Waals surface area contributed by atoms with Crippen LogP contribution in [0.4, 0.5) is 5.69 Å². The van der Waals surface area contributed by atoms with Crippen molar-refractivity contribution in [1.29, 1.82) is 0 Å². The molecule has 3 rings (SSSR count). The molecule has 2 aromatic rings. The van der Waals surface area contributed by atoms with Gasteiger partial charge in [-0.2, -0.15) is 0 Å². The van der Waals surface area contributed by atoms with Crippen molar-refractivity contribution in [2.45, 2.75) is 37.8 Å². The summed E-state index contributed by atoms with van der Waals surface area (Å²) >= 11 is 9.58. The summed E-state index contributed by atoms with van der Waals surface area (Å²) in [6.07, 6.45) is -0.239. The molecule has 0 spiro atoms. The van der Waals surface area contributed by atoms with Crippen LogP contribution in [0.5, 0.6) is 0 Å². The number of ketones is 2. The summed E-state index contributed by atoms with van der Waals surface area (Å²) in [6.45, 7) is 5.17. The first-order valence-corrected chi connectivity index (χ1v) is 10.8. The molecule has 27 heavy (non-hydrogen) atoms. The molecule has 2 atom stereocenters. The Morgan fingerprint density at radius 1 is 1.48 bits per heavy atom. The Labute approximate surface area is 172 Å². The van der Waals surface area contributed by atoms with Gasteiger partial charge in [-0.15, -0.1) is 0 Å². The fourth-order valence-electron chi connectivity index (χ4n) is 3.12. The van der Waals surface area contributed by atoms with Gasteiger partial charge in [0, 0.05) is 16.5 Å². The third kappa shape index (κ3) is 3.62. The Hall–Kier alpha value is -1.51. The maximum Gasteiger partial charge on any atom is 0.180 e. The van der Waals surface area contributed by atoms with Crippen molar-refractivity contribution in [2.75, 3.05) is 5.32 Å². The molecule has 0 amide bonds. The average Bonchev–Trinajstić information content (AvgIpc) is 3.01. The summed E-state index contributed by atoms with van der Waals surface area (Å²) in [7, 11) is -1.76. The number of hydrogen-bond acceptors (Lipinski definition) is 6. The summed E-state index contributed by atoms with van der Waals surface area (Å²) in [5.41, 5.74) is 1.15. The van der Waals surface area contributed by atoms with Crippen molar-refractivity contribution < 1.29 is 18.3 Å². The van der Waals surface area contributed by atoms with Gasteiger partial charge in [0.25, 0.3) is 0 Å². The molecule has 144 valence electrons. The van der Waals surface area contributed by atoms with Crippen molar-refractivity contribution in [3.8, 4) is 0 Å². The summed E-state index contributed by atoms with van der Waals surface area (Å²) < 4.78 is 18.9. The number of nitrogens with zero attached hydrogens (tertiary/aromatic N) is 1. The monoisotopic (exact) mass is 472 g/mol. The van der Waals surface area contributed by atoms with Crippen LogP contribution in [-0.2, 0) is 21.3 Å². The number of Topliss-reactive ketones (excluding diaryl/α,β-unsaturated/α-hetero) is 2. The highest BCUT2D eigenvalue weighted by atomic mass is 79.9. The van der Waals surface area contributed by atoms with E-state index in [1.165, 1.54) is 0 Å². The summed E-state index contributed by atoms with van der Waals surface area (Å²) in [5.74, 6) is -0.476. The highest BCUT2D eigenvalue weighted by Gasteiger charge is 2.51. The van der Waals surface area contributed by atoms with Crippen molar-refractivity contribution >= 4 is 55.6 Å². The van der Waals surface area contributed by atoms with Crippen LogP contribution in [0, 0.1) is 12.8 Å². The van der Waals surface area contributed by atoms with E-state index in [9.17, 15) is 13.8 Å². The second-order valence-electron chi connectivity index (χ2n) is 6.77. The molecule has 0 saturated carbocycles. The zero-order valence-corrected chi connectivity index (χ0v) is 18.1. The van der Waals surface area contributed by atoms with E-state index in [2.05, 4.69) is 26.4 Å². The second-order valence-corrected chi connectivity index (χ2v) is 9.71. The molecule has 1 aliphatic heterocycles. The van der Waals surface area contributed by atoms with E-state index in [0.717, 1.165) is 0 Å². The van der Waals surface area contributed by atoms with Gasteiger partial charge in [0.15, 0.2) is 16.4 Å². The largest absolute Gasteiger partial charge is 0.361 e. The van der Waals surface area contributed by atoms with Crippen molar-refractivity contribution in [3.05, 3.63) is 44.7 Å². The molecule has 2 heterocycles. The molecule has 9 heteroatoms. The number of aromatic nitrogens is 1. The quantitative estimate of drug-likeness (QED) is 0.697. The molecule has 0 radical (unpaired) electrons. The number of carbonyl (C=O) groups is 2. The van der Waals surface area contributed by atoms with Crippen LogP contribution < -0.4 is 5.32 Å². The van der Waals surface area contributed by atoms with Gasteiger partial charge in [-0.3, -0.25) is 13.8 Å². The highest BCUT2D eigenvalue weighted by Crippen LogP contribution is 2.42. The lowest BCUT2D eigenvalue weighted by molar-refractivity contribution is -0.123. The van der Waals surface area contributed by atoms with E-state index in [0.29, 0.717) is 27.2 Å². The van der Waals surface area contributed by atoms with Gasteiger partial charge < -0.3 is 9.84 Å². The molecule has 6 nitrogen and oxygen atoms in total. The minimum Gasteiger partial charge on any atom is -0.361 e. The number of anilines is 1. The van der Waals surface area contributed by atoms with E-state index < -0.39 is 21.6 Å². The summed E-state index contributed by atoms with van der Waals surface area (Å²) in [5, 5.41) is 7.24. The summed E-state index contributed by atoms with van der Waals surface area (Å²) in [4.78, 5) is 24.4. The molecular formula is C18H18BrClN2O4S. The predicted octanol–water partition coefficient (Wildman–Crippen LogP) is 4.27. The van der Waals surface area contributed by atoms with Crippen LogP contribution in [0.25, 0.3) is 0 Å². The second kappa shape index (κ2) is 7.48. The number of nitrogens with one attached hydrogen (secondary N) is 1. The molecule has 0 saturated heterocycles. The lowest BCUT2D eigenvalue weighted by Crippen LogP contribution is -2.56. The molecular weight excluding hydrogens is 456 g/mol. The van der Waals surface area contributed by atoms with Gasteiger partial charge in [0.1, 0.15) is 5.76 Å². The van der Waals surface area contributed by atoms with E-state index in [1.54, 1.807) is 39.0 Å². The lowest BCUT2D eigenvalue weighted by Gasteiger charge is -2.38. The molecule has 2 unspecified atom stereocenters. The molecule has 0 fully saturated rings. The molecule has 1 aliphatic rings. The van der Waals surface area contributed by atoms with Gasteiger partial charge >= 0.3 is 0 Å². The van der Waals surface area contributed by atoms with E-state index >= 15 is 0 Å². The fourth-order valence-corrected chi connectivity index (χ4v) is 5.43. The zero-order chi connectivity index (χ0) is 19.9. The molecule has 0 aliphatic carbocycles. The number of fused-ring (bicyclic) bond motifs is 1. The average molecular weight is 474 g/mol. The van der Waals surface area contributed by atoms with Crippen molar-refractivity contribution in [1.82, 2.24) is 5.16 Å². The summed E-state index contributed by atoms with van der Waals surface area (Å²) in [6, 6.07) is 4.95. The molecule has 1 N–H and O–H groups in total. The first-order chi connectivity index (χ1) is 12.7. The van der Waals surface area contributed by atoms with E-state index in [4.69, 9.17) is 16.1 Å². The van der Waals surface area contributed by atoms with E-state index in [-0.39, 0.29) is 28.8 Å². The Morgan fingerprint density at radius 3 is 2.78 bits per heavy atom. The van der Waals surface area contributed by atoms with E-state index in [1.807, 2.05) is 0 Å².